The molecule has 1 aliphatic carbocycles. The molecule has 0 aromatic heterocycles. The topological polar surface area (TPSA) is 63.4 Å². The normalized spacial score (nSPS) is 27.2. The highest BCUT2D eigenvalue weighted by molar-refractivity contribution is 7.88. The van der Waals surface area contributed by atoms with E-state index in [0.717, 1.165) is 24.8 Å². The summed E-state index contributed by atoms with van der Waals surface area (Å²) in [6.07, 6.45) is 6.79. The second kappa shape index (κ2) is 5.97. The Morgan fingerprint density at radius 1 is 1.10 bits per heavy atom. The van der Waals surface area contributed by atoms with E-state index in [9.17, 15) is 8.42 Å². The van der Waals surface area contributed by atoms with Crippen LogP contribution < -0.4 is 5.73 Å². The number of rotatable bonds is 3. The van der Waals surface area contributed by atoms with Crippen LogP contribution >= 0.6 is 0 Å². The standard InChI is InChI=1S/C16H24N2O2S/c17-15-9-3-1-7-14(15)12-21(19,20)18-11-5-8-13-6-2-4-10-16(13)18/h1,3,7,9,13,16H,2,4-6,8,10-12,17H2/t13-,16-/m1/s1. The quantitative estimate of drug-likeness (QED) is 0.873. The molecule has 0 amide bonds. The van der Waals surface area contributed by atoms with Gasteiger partial charge in [0.2, 0.25) is 10.0 Å². The summed E-state index contributed by atoms with van der Waals surface area (Å²) in [7, 11) is -3.28. The molecule has 2 N–H and O–H groups in total. The molecule has 1 saturated heterocycles. The summed E-state index contributed by atoms with van der Waals surface area (Å²) in [5, 5.41) is 0. The summed E-state index contributed by atoms with van der Waals surface area (Å²) >= 11 is 0. The zero-order valence-electron chi connectivity index (χ0n) is 12.4. The molecule has 4 nitrogen and oxygen atoms in total. The molecule has 0 unspecified atom stereocenters. The smallest absolute Gasteiger partial charge is 0.218 e. The number of anilines is 1. The van der Waals surface area contributed by atoms with Crippen molar-refractivity contribution in [2.24, 2.45) is 5.92 Å². The van der Waals surface area contributed by atoms with E-state index in [1.165, 1.54) is 19.3 Å². The number of hydrogen-bond acceptors (Lipinski definition) is 3. The molecule has 2 aliphatic rings. The van der Waals surface area contributed by atoms with Gasteiger partial charge in [-0.3, -0.25) is 0 Å². The Morgan fingerprint density at radius 2 is 1.81 bits per heavy atom. The molecule has 2 fully saturated rings. The van der Waals surface area contributed by atoms with Crippen LogP contribution in [0, 0.1) is 5.92 Å². The van der Waals surface area contributed by atoms with E-state index in [2.05, 4.69) is 0 Å². The molecule has 21 heavy (non-hydrogen) atoms. The van der Waals surface area contributed by atoms with Gasteiger partial charge in [-0.1, -0.05) is 31.0 Å². The lowest BCUT2D eigenvalue weighted by Gasteiger charge is -2.43. The molecule has 0 spiro atoms. The molecule has 116 valence electrons. The van der Waals surface area contributed by atoms with Gasteiger partial charge in [-0.25, -0.2) is 8.42 Å². The Balaban J connectivity index is 1.82. The summed E-state index contributed by atoms with van der Waals surface area (Å²) in [4.78, 5) is 0. The summed E-state index contributed by atoms with van der Waals surface area (Å²) in [6.45, 7) is 0.677. The number of para-hydroxylation sites is 1. The Hall–Kier alpha value is -1.07. The van der Waals surface area contributed by atoms with Crippen molar-refractivity contribution in [1.82, 2.24) is 4.31 Å². The lowest BCUT2D eigenvalue weighted by Crippen LogP contribution is -2.49. The fourth-order valence-corrected chi connectivity index (χ4v) is 5.79. The van der Waals surface area contributed by atoms with Crippen molar-refractivity contribution in [3.8, 4) is 0 Å². The highest BCUT2D eigenvalue weighted by Crippen LogP contribution is 2.37. The first-order valence-corrected chi connectivity index (χ1v) is 9.52. The summed E-state index contributed by atoms with van der Waals surface area (Å²) in [5.41, 5.74) is 7.19. The van der Waals surface area contributed by atoms with Gasteiger partial charge in [0.05, 0.1) is 5.75 Å². The minimum atomic E-state index is -3.28. The van der Waals surface area contributed by atoms with Crippen LogP contribution in [-0.2, 0) is 15.8 Å². The third-order valence-corrected chi connectivity index (χ3v) is 6.79. The molecule has 5 heteroatoms. The van der Waals surface area contributed by atoms with Crippen molar-refractivity contribution in [2.75, 3.05) is 12.3 Å². The van der Waals surface area contributed by atoms with Crippen LogP contribution in [0.1, 0.15) is 44.1 Å². The molecule has 0 bridgehead atoms. The van der Waals surface area contributed by atoms with Crippen LogP contribution in [0.4, 0.5) is 5.69 Å². The van der Waals surface area contributed by atoms with Crippen LogP contribution in [0.2, 0.25) is 0 Å². The Morgan fingerprint density at radius 3 is 2.62 bits per heavy atom. The molecule has 1 aromatic carbocycles. The fourth-order valence-electron chi connectivity index (χ4n) is 3.87. The van der Waals surface area contributed by atoms with E-state index in [-0.39, 0.29) is 11.8 Å². The van der Waals surface area contributed by atoms with Crippen molar-refractivity contribution >= 4 is 15.7 Å². The monoisotopic (exact) mass is 308 g/mol. The number of nitrogens with two attached hydrogens (primary N) is 1. The number of nitrogen functional groups attached to an aromatic ring is 1. The van der Waals surface area contributed by atoms with Gasteiger partial charge in [-0.05, 0) is 43.2 Å². The van der Waals surface area contributed by atoms with Gasteiger partial charge in [0.25, 0.3) is 0 Å². The molecule has 1 heterocycles. The zero-order chi connectivity index (χ0) is 14.9. The van der Waals surface area contributed by atoms with E-state index in [0.29, 0.717) is 18.2 Å². The first-order chi connectivity index (χ1) is 10.1. The first kappa shape index (κ1) is 14.9. The predicted octanol–water partition coefficient (Wildman–Crippen LogP) is 2.75. The largest absolute Gasteiger partial charge is 0.398 e. The number of fused-ring (bicyclic) bond motifs is 1. The van der Waals surface area contributed by atoms with E-state index in [4.69, 9.17) is 5.73 Å². The maximum atomic E-state index is 12.8. The van der Waals surface area contributed by atoms with Crippen molar-refractivity contribution in [1.29, 1.82) is 0 Å². The summed E-state index contributed by atoms with van der Waals surface area (Å²) in [6, 6.07) is 7.49. The van der Waals surface area contributed by atoms with Crippen LogP contribution in [0.3, 0.4) is 0 Å². The van der Waals surface area contributed by atoms with Gasteiger partial charge in [-0.2, -0.15) is 4.31 Å². The molecule has 1 saturated carbocycles. The maximum Gasteiger partial charge on any atom is 0.218 e. The molecule has 0 radical (unpaired) electrons. The van der Waals surface area contributed by atoms with Crippen molar-refractivity contribution in [2.45, 2.75) is 50.3 Å². The summed E-state index contributed by atoms with van der Waals surface area (Å²) in [5.74, 6) is 0.596. The van der Waals surface area contributed by atoms with E-state index >= 15 is 0 Å². The van der Waals surface area contributed by atoms with E-state index < -0.39 is 10.0 Å². The minimum absolute atomic E-state index is 0.0306. The molecule has 1 aromatic rings. The third kappa shape index (κ3) is 3.09. The van der Waals surface area contributed by atoms with Crippen LogP contribution in [0.5, 0.6) is 0 Å². The summed E-state index contributed by atoms with van der Waals surface area (Å²) < 4.78 is 27.4. The molecule has 1 aliphatic heterocycles. The van der Waals surface area contributed by atoms with Crippen molar-refractivity contribution in [3.63, 3.8) is 0 Å². The zero-order valence-corrected chi connectivity index (χ0v) is 13.2. The SMILES string of the molecule is Nc1ccccc1CS(=O)(=O)N1CCC[C@H]2CCCC[C@H]21. The van der Waals surface area contributed by atoms with Gasteiger partial charge in [0.15, 0.2) is 0 Å². The number of sulfonamides is 1. The van der Waals surface area contributed by atoms with Gasteiger partial charge >= 0.3 is 0 Å². The average molecular weight is 308 g/mol. The van der Waals surface area contributed by atoms with Gasteiger partial charge in [-0.15, -0.1) is 0 Å². The number of nitrogens with zero attached hydrogens (tertiary/aromatic N) is 1. The van der Waals surface area contributed by atoms with E-state index in [1.54, 1.807) is 10.4 Å². The Kier molecular flexibility index (Phi) is 4.22. The van der Waals surface area contributed by atoms with Crippen molar-refractivity contribution < 1.29 is 8.42 Å². The first-order valence-electron chi connectivity index (χ1n) is 7.91. The van der Waals surface area contributed by atoms with Crippen LogP contribution in [0.25, 0.3) is 0 Å². The fraction of sp³-hybridized carbons (Fsp3) is 0.625. The highest BCUT2D eigenvalue weighted by atomic mass is 32.2. The maximum absolute atomic E-state index is 12.8. The van der Waals surface area contributed by atoms with Gasteiger partial charge < -0.3 is 5.73 Å². The highest BCUT2D eigenvalue weighted by Gasteiger charge is 2.39. The Labute approximate surface area is 127 Å². The second-order valence-corrected chi connectivity index (χ2v) is 8.24. The number of piperidine rings is 1. The molecule has 3 rings (SSSR count). The predicted molar refractivity (Wildman–Crippen MR) is 85.2 cm³/mol. The molecule has 2 atom stereocenters. The number of benzene rings is 1. The molecular formula is C16H24N2O2S. The Bertz CT molecular complexity index is 598. The minimum Gasteiger partial charge on any atom is -0.398 e. The van der Waals surface area contributed by atoms with E-state index in [1.807, 2.05) is 18.2 Å². The van der Waals surface area contributed by atoms with Crippen LogP contribution in [-0.4, -0.2) is 25.3 Å². The second-order valence-electron chi connectivity index (χ2n) is 6.32. The lowest BCUT2D eigenvalue weighted by atomic mass is 9.79. The van der Waals surface area contributed by atoms with Crippen molar-refractivity contribution in [3.05, 3.63) is 29.8 Å². The van der Waals surface area contributed by atoms with Crippen LogP contribution in [0.15, 0.2) is 24.3 Å². The third-order valence-electron chi connectivity index (χ3n) is 4.94. The van der Waals surface area contributed by atoms with Gasteiger partial charge in [0.1, 0.15) is 0 Å². The van der Waals surface area contributed by atoms with Gasteiger partial charge in [0, 0.05) is 18.3 Å². The lowest BCUT2D eigenvalue weighted by molar-refractivity contribution is 0.129. The average Bonchev–Trinajstić information content (AvgIpc) is 2.49. The molecular weight excluding hydrogens is 284 g/mol. The number of hydrogen-bond donors (Lipinski definition) is 1.